The second-order valence-corrected chi connectivity index (χ2v) is 3.66. The first-order valence-corrected chi connectivity index (χ1v) is 4.97. The van der Waals surface area contributed by atoms with Crippen LogP contribution in [0.5, 0.6) is 0 Å². The van der Waals surface area contributed by atoms with E-state index in [1.54, 1.807) is 6.92 Å². The van der Waals surface area contributed by atoms with Crippen LogP contribution in [0.25, 0.3) is 0 Å². The lowest BCUT2D eigenvalue weighted by atomic mass is 10.0. The first kappa shape index (κ1) is 13.0. The average molecular weight is 197 g/mol. The van der Waals surface area contributed by atoms with Crippen LogP contribution in [-0.2, 0) is 4.79 Å². The van der Waals surface area contributed by atoms with Crippen molar-refractivity contribution in [1.29, 1.82) is 0 Å². The molecular formula is C11H19NO2. The Balaban J connectivity index is 3.44. The van der Waals surface area contributed by atoms with Gasteiger partial charge in [0.15, 0.2) is 0 Å². The van der Waals surface area contributed by atoms with Gasteiger partial charge < -0.3 is 10.4 Å². The molecule has 2 unspecified atom stereocenters. The lowest BCUT2D eigenvalue weighted by Gasteiger charge is -2.12. The predicted molar refractivity (Wildman–Crippen MR) is 56.9 cm³/mol. The van der Waals surface area contributed by atoms with Crippen molar-refractivity contribution in [3.05, 3.63) is 0 Å². The van der Waals surface area contributed by atoms with Crippen molar-refractivity contribution in [2.75, 3.05) is 6.54 Å². The first-order valence-electron chi connectivity index (χ1n) is 4.97. The molecule has 3 nitrogen and oxygen atoms in total. The van der Waals surface area contributed by atoms with E-state index in [4.69, 9.17) is 11.5 Å². The van der Waals surface area contributed by atoms with Gasteiger partial charge in [-0.1, -0.05) is 19.3 Å². The molecular weight excluding hydrogens is 178 g/mol. The van der Waals surface area contributed by atoms with E-state index >= 15 is 0 Å². The molecule has 3 heteroatoms. The van der Waals surface area contributed by atoms with Gasteiger partial charge in [-0.3, -0.25) is 4.79 Å². The van der Waals surface area contributed by atoms with E-state index in [2.05, 4.69) is 18.2 Å². The Labute approximate surface area is 85.9 Å². The summed E-state index contributed by atoms with van der Waals surface area (Å²) in [6, 6.07) is 0.368. The number of rotatable bonds is 7. The largest absolute Gasteiger partial charge is 0.481 e. The summed E-state index contributed by atoms with van der Waals surface area (Å²) < 4.78 is 0. The minimum Gasteiger partial charge on any atom is -0.481 e. The van der Waals surface area contributed by atoms with Crippen molar-refractivity contribution in [3.63, 3.8) is 0 Å². The molecule has 0 heterocycles. The van der Waals surface area contributed by atoms with E-state index < -0.39 is 5.97 Å². The fraction of sp³-hybridized carbons (Fsp3) is 0.727. The Bertz CT molecular complexity index is 208. The summed E-state index contributed by atoms with van der Waals surface area (Å²) in [5.74, 6) is 1.56. The molecule has 0 amide bonds. The van der Waals surface area contributed by atoms with Gasteiger partial charge in [-0.2, -0.15) is 0 Å². The summed E-state index contributed by atoms with van der Waals surface area (Å²) in [5, 5.41) is 11.8. The normalized spacial score (nSPS) is 14.4. The summed E-state index contributed by atoms with van der Waals surface area (Å²) in [6.07, 6.45) is 7.73. The van der Waals surface area contributed by atoms with Crippen LogP contribution in [0.4, 0.5) is 0 Å². The van der Waals surface area contributed by atoms with Gasteiger partial charge in [-0.05, 0) is 19.8 Å². The summed E-state index contributed by atoms with van der Waals surface area (Å²) >= 11 is 0. The standard InChI is InChI=1S/C11H19NO2/c1-4-8-12-10(3)7-5-6-9(2)11(13)14/h1,9-10,12H,5-8H2,2-3H3,(H,13,14). The van der Waals surface area contributed by atoms with Gasteiger partial charge in [-0.15, -0.1) is 6.42 Å². The van der Waals surface area contributed by atoms with Crippen LogP contribution >= 0.6 is 0 Å². The van der Waals surface area contributed by atoms with Crippen LogP contribution in [0.1, 0.15) is 33.1 Å². The summed E-state index contributed by atoms with van der Waals surface area (Å²) in [4.78, 5) is 10.5. The second-order valence-electron chi connectivity index (χ2n) is 3.66. The Morgan fingerprint density at radius 2 is 2.14 bits per heavy atom. The molecule has 0 saturated heterocycles. The average Bonchev–Trinajstić information content (AvgIpc) is 2.14. The number of aliphatic carboxylic acids is 1. The third-order valence-electron chi connectivity index (χ3n) is 2.25. The SMILES string of the molecule is C#CCNC(C)CCCC(C)C(=O)O. The predicted octanol–water partition coefficient (Wildman–Crippen LogP) is 1.49. The van der Waals surface area contributed by atoms with Crippen molar-refractivity contribution >= 4 is 5.97 Å². The number of hydrogen-bond donors (Lipinski definition) is 2. The van der Waals surface area contributed by atoms with Gasteiger partial charge in [0.2, 0.25) is 0 Å². The molecule has 0 aromatic rings. The summed E-state index contributed by atoms with van der Waals surface area (Å²) in [5.41, 5.74) is 0. The maximum absolute atomic E-state index is 10.5. The fourth-order valence-corrected chi connectivity index (χ4v) is 1.19. The van der Waals surface area contributed by atoms with Gasteiger partial charge in [0, 0.05) is 6.04 Å². The molecule has 0 radical (unpaired) electrons. The van der Waals surface area contributed by atoms with E-state index in [9.17, 15) is 4.79 Å². The maximum atomic E-state index is 10.5. The highest BCUT2D eigenvalue weighted by molar-refractivity contribution is 5.69. The molecule has 0 aromatic carbocycles. The van der Waals surface area contributed by atoms with Crippen LogP contribution in [0.15, 0.2) is 0 Å². The Kier molecular flexibility index (Phi) is 6.87. The van der Waals surface area contributed by atoms with E-state index in [-0.39, 0.29) is 5.92 Å². The molecule has 0 spiro atoms. The third kappa shape index (κ3) is 6.50. The van der Waals surface area contributed by atoms with Crippen LogP contribution in [0, 0.1) is 18.3 Å². The molecule has 0 aromatic heterocycles. The zero-order chi connectivity index (χ0) is 11.0. The summed E-state index contributed by atoms with van der Waals surface area (Å²) in [6.45, 7) is 4.38. The van der Waals surface area contributed by atoms with Gasteiger partial charge >= 0.3 is 5.97 Å². The lowest BCUT2D eigenvalue weighted by Crippen LogP contribution is -2.26. The quantitative estimate of drug-likeness (QED) is 0.608. The highest BCUT2D eigenvalue weighted by atomic mass is 16.4. The second kappa shape index (κ2) is 7.40. The summed E-state index contributed by atoms with van der Waals surface area (Å²) in [7, 11) is 0. The molecule has 0 saturated carbocycles. The maximum Gasteiger partial charge on any atom is 0.306 e. The van der Waals surface area contributed by atoms with E-state index in [1.807, 2.05) is 0 Å². The molecule has 14 heavy (non-hydrogen) atoms. The van der Waals surface area contributed by atoms with Crippen LogP contribution in [-0.4, -0.2) is 23.7 Å². The van der Waals surface area contributed by atoms with E-state index in [1.165, 1.54) is 0 Å². The minimum absolute atomic E-state index is 0.241. The molecule has 0 aliphatic rings. The topological polar surface area (TPSA) is 49.3 Å². The molecule has 2 atom stereocenters. The molecule has 2 N–H and O–H groups in total. The zero-order valence-corrected chi connectivity index (χ0v) is 8.92. The van der Waals surface area contributed by atoms with Crippen molar-refractivity contribution < 1.29 is 9.90 Å². The van der Waals surface area contributed by atoms with Crippen molar-refractivity contribution in [2.24, 2.45) is 5.92 Å². The van der Waals surface area contributed by atoms with Crippen molar-refractivity contribution in [3.8, 4) is 12.3 Å². The molecule has 0 aliphatic heterocycles. The Morgan fingerprint density at radius 1 is 1.50 bits per heavy atom. The third-order valence-corrected chi connectivity index (χ3v) is 2.25. The van der Waals surface area contributed by atoms with Gasteiger partial charge in [0.25, 0.3) is 0 Å². The van der Waals surface area contributed by atoms with Gasteiger partial charge in [0.05, 0.1) is 12.5 Å². The number of terminal acetylenes is 1. The van der Waals surface area contributed by atoms with Crippen molar-refractivity contribution in [1.82, 2.24) is 5.32 Å². The monoisotopic (exact) mass is 197 g/mol. The van der Waals surface area contributed by atoms with Crippen LogP contribution < -0.4 is 5.32 Å². The Morgan fingerprint density at radius 3 is 2.64 bits per heavy atom. The highest BCUT2D eigenvalue weighted by Gasteiger charge is 2.10. The molecule has 80 valence electrons. The van der Waals surface area contributed by atoms with Gasteiger partial charge in [0.1, 0.15) is 0 Å². The van der Waals surface area contributed by atoms with Gasteiger partial charge in [-0.25, -0.2) is 0 Å². The molecule has 0 fully saturated rings. The Hall–Kier alpha value is -1.01. The number of carbonyl (C=O) groups is 1. The number of nitrogens with one attached hydrogen (secondary N) is 1. The van der Waals surface area contributed by atoms with Crippen LogP contribution in [0.2, 0.25) is 0 Å². The lowest BCUT2D eigenvalue weighted by molar-refractivity contribution is -0.141. The van der Waals surface area contributed by atoms with E-state index in [0.717, 1.165) is 19.3 Å². The van der Waals surface area contributed by atoms with Crippen LogP contribution in [0.3, 0.4) is 0 Å². The minimum atomic E-state index is -0.714. The number of carboxylic acids is 1. The highest BCUT2D eigenvalue weighted by Crippen LogP contribution is 2.09. The number of hydrogen-bond acceptors (Lipinski definition) is 2. The molecule has 0 aliphatic carbocycles. The fourth-order valence-electron chi connectivity index (χ4n) is 1.19. The first-order chi connectivity index (χ1) is 6.57. The van der Waals surface area contributed by atoms with E-state index in [0.29, 0.717) is 12.6 Å². The zero-order valence-electron chi connectivity index (χ0n) is 8.92. The smallest absolute Gasteiger partial charge is 0.306 e. The molecule has 0 rings (SSSR count). The van der Waals surface area contributed by atoms with Crippen molar-refractivity contribution in [2.45, 2.75) is 39.2 Å². The molecule has 0 bridgehead atoms. The number of carboxylic acid groups (broad SMARTS) is 1.